The van der Waals surface area contributed by atoms with Crippen LogP contribution in [0.1, 0.15) is 197 Å². The van der Waals surface area contributed by atoms with Crippen molar-refractivity contribution in [2.45, 2.75) is 181 Å². The summed E-state index contributed by atoms with van der Waals surface area (Å²) < 4.78 is 51.3. The molecule has 88 heavy (non-hydrogen) atoms. The van der Waals surface area contributed by atoms with E-state index in [1.807, 2.05) is 24.3 Å². The quantitative estimate of drug-likeness (QED) is 0.0274. The van der Waals surface area contributed by atoms with Crippen LogP contribution in [0.5, 0.6) is 23.0 Å². The third-order valence-corrected chi connectivity index (χ3v) is 16.2. The lowest BCUT2D eigenvalue weighted by molar-refractivity contribution is -0.120. The number of carbonyl (C=O) groups excluding carboxylic acids is 4. The number of nitrogens with one attached hydrogen (secondary N) is 4. The Morgan fingerprint density at radius 1 is 0.364 bits per heavy atom. The van der Waals surface area contributed by atoms with E-state index in [1.54, 1.807) is 24.3 Å². The topological polar surface area (TPSA) is 190 Å². The van der Waals surface area contributed by atoms with E-state index in [-0.39, 0.29) is 48.5 Å². The number of carbonyl (C=O) groups is 4. The van der Waals surface area contributed by atoms with Crippen LogP contribution in [0.4, 0.5) is 0 Å². The lowest BCUT2D eigenvalue weighted by Crippen LogP contribution is -2.32. The molecule has 4 aromatic rings. The van der Waals surface area contributed by atoms with Crippen LogP contribution in [0.15, 0.2) is 72.8 Å². The fourth-order valence-electron chi connectivity index (χ4n) is 11.7. The fraction of sp³-hybridized carbons (Fsp3) is 0.500. The lowest BCUT2D eigenvalue weighted by atomic mass is 9.88. The van der Waals surface area contributed by atoms with Crippen molar-refractivity contribution in [1.82, 2.24) is 21.3 Å². The maximum atomic E-state index is 13.6. The molecule has 4 saturated heterocycles. The molecule has 4 aliphatic heterocycles. The van der Waals surface area contributed by atoms with Crippen molar-refractivity contribution in [3.8, 4) is 23.0 Å². The third kappa shape index (κ3) is 19.4. The zero-order valence-electron chi connectivity index (χ0n) is 52.2. The van der Waals surface area contributed by atoms with Crippen LogP contribution in [0.2, 0.25) is 0 Å². The Labute approximate surface area is 520 Å². The molecular formula is C72H92N4O12. The Balaban J connectivity index is 1.30. The Kier molecular flexibility index (Phi) is 25.1. The predicted octanol–water partition coefficient (Wildman–Crippen LogP) is 12.1. The highest BCUT2D eigenvalue weighted by molar-refractivity contribution is 5.94. The van der Waals surface area contributed by atoms with Crippen LogP contribution < -0.4 is 40.2 Å². The number of hydrogen-bond acceptors (Lipinski definition) is 12. The number of benzene rings is 4. The molecule has 0 saturated carbocycles. The van der Waals surface area contributed by atoms with E-state index in [4.69, 9.17) is 37.9 Å². The molecule has 8 bridgehead atoms. The van der Waals surface area contributed by atoms with Crippen molar-refractivity contribution in [1.29, 1.82) is 0 Å². The average Bonchev–Trinajstić information content (AvgIpc) is 3.68. The summed E-state index contributed by atoms with van der Waals surface area (Å²) in [5.41, 5.74) is 10.1. The smallest absolute Gasteiger partial charge is 0.245 e. The third-order valence-electron chi connectivity index (χ3n) is 16.2. The number of unbranched alkanes of at least 4 members (excludes halogenated alkanes) is 4. The SMILES string of the molecule is CCCCOc1c2cc(C=CC(=O)NC3CCCO3)cc1Cc1cc(/C=C/C(=O)NC3CCCO3)cc(c1OCCCC)Cc1cc(/C=C/C(=O)NC3CCCO3)cc(c1OCCCC)Cc1cc(/C=C/C(=O)NC3CCCO3)cc(c1OCCCC)C2. The van der Waals surface area contributed by atoms with Crippen LogP contribution in [-0.4, -0.2) is 101 Å². The van der Waals surface area contributed by atoms with E-state index in [2.05, 4.69) is 97.5 Å². The molecule has 4 heterocycles. The summed E-state index contributed by atoms with van der Waals surface area (Å²) in [4.78, 5) is 54.5. The van der Waals surface area contributed by atoms with Gasteiger partial charge in [0.2, 0.25) is 23.6 Å². The minimum absolute atomic E-state index is 0.256. The van der Waals surface area contributed by atoms with Gasteiger partial charge >= 0.3 is 0 Å². The maximum Gasteiger partial charge on any atom is 0.245 e. The van der Waals surface area contributed by atoms with Gasteiger partial charge in [0.1, 0.15) is 47.9 Å². The largest absolute Gasteiger partial charge is 0.493 e. The molecule has 0 radical (unpaired) electrons. The molecule has 0 aromatic heterocycles. The molecule has 4 amide bonds. The molecule has 16 heteroatoms. The second-order valence-corrected chi connectivity index (χ2v) is 23.6. The van der Waals surface area contributed by atoms with Gasteiger partial charge in [-0.15, -0.1) is 0 Å². The zero-order chi connectivity index (χ0) is 61.5. The fourth-order valence-corrected chi connectivity index (χ4v) is 11.7. The first kappa shape index (κ1) is 65.2. The Morgan fingerprint density at radius 3 is 0.739 bits per heavy atom. The molecule has 1 aliphatic carbocycles. The van der Waals surface area contributed by atoms with Gasteiger partial charge in [-0.25, -0.2) is 0 Å². The molecule has 4 atom stereocenters. The molecule has 16 nitrogen and oxygen atoms in total. The molecule has 4 fully saturated rings. The van der Waals surface area contributed by atoms with E-state index in [1.165, 1.54) is 0 Å². The standard InChI is InChI=1S/C72H92N4O12/c1-5-9-29-85-69-53-37-49(21-25-61(77)73-65-17-13-33-81-65)38-54(69)46-56-40-51(23-27-63(79)75-67-19-15-35-83-67)42-58(71(56)87-31-11-7-3)48-60-44-52(24-28-64(80)76-68-20-16-36-84-68)43-59(72(60)88-32-12-8-4)47-57-41-50(22-26-62(78)74-66-18-14-34-82-66)39-55(45-53)70(57)86-30-10-6-2/h21-28,37-44,65-68H,5-20,29-36,45-48H2,1-4H3,(H,73,77)(H,74,78)(H,75,79)(H,76,80)/b25-21+,26-22+,27-23+,28-24?. The summed E-state index contributed by atoms with van der Waals surface area (Å²) in [5.74, 6) is 1.84. The van der Waals surface area contributed by atoms with Crippen LogP contribution in [-0.2, 0) is 63.8 Å². The molecule has 4 unspecified atom stereocenters. The van der Waals surface area contributed by atoms with Gasteiger partial charge in [0.25, 0.3) is 0 Å². The van der Waals surface area contributed by atoms with E-state index in [0.717, 1.165) is 169 Å². The predicted molar refractivity (Wildman–Crippen MR) is 343 cm³/mol. The summed E-state index contributed by atoms with van der Waals surface area (Å²) in [6.07, 6.45) is 27.1. The molecule has 5 aliphatic rings. The molecular weight excluding hydrogens is 1110 g/mol. The van der Waals surface area contributed by atoms with Crippen LogP contribution in [0.25, 0.3) is 24.3 Å². The van der Waals surface area contributed by atoms with E-state index in [0.29, 0.717) is 102 Å². The number of ether oxygens (including phenoxy) is 8. The average molecular weight is 1210 g/mol. The number of amides is 4. The zero-order valence-corrected chi connectivity index (χ0v) is 52.2. The van der Waals surface area contributed by atoms with Crippen molar-refractivity contribution in [2.75, 3.05) is 52.9 Å². The van der Waals surface area contributed by atoms with Gasteiger partial charge in [-0.05, 0) is 217 Å². The summed E-state index contributed by atoms with van der Waals surface area (Å²) in [5, 5.41) is 12.1. The minimum Gasteiger partial charge on any atom is -0.493 e. The van der Waals surface area contributed by atoms with Gasteiger partial charge < -0.3 is 59.2 Å². The van der Waals surface area contributed by atoms with Gasteiger partial charge in [0.05, 0.1) is 26.4 Å². The van der Waals surface area contributed by atoms with Crippen molar-refractivity contribution < 1.29 is 57.1 Å². The van der Waals surface area contributed by atoms with Crippen molar-refractivity contribution in [2.24, 2.45) is 0 Å². The van der Waals surface area contributed by atoms with Gasteiger partial charge in [0.15, 0.2) is 0 Å². The van der Waals surface area contributed by atoms with E-state index in [9.17, 15) is 19.2 Å². The van der Waals surface area contributed by atoms with Gasteiger partial charge in [0, 0.05) is 76.4 Å². The highest BCUT2D eigenvalue weighted by atomic mass is 16.5. The van der Waals surface area contributed by atoms with Crippen LogP contribution in [0.3, 0.4) is 0 Å². The minimum atomic E-state index is -0.344. The summed E-state index contributed by atoms with van der Waals surface area (Å²) in [6, 6.07) is 16.8. The first-order valence-electron chi connectivity index (χ1n) is 32.6. The maximum absolute atomic E-state index is 13.6. The molecule has 472 valence electrons. The normalized spacial score (nSPS) is 19.2. The second-order valence-electron chi connectivity index (χ2n) is 23.6. The van der Waals surface area contributed by atoms with Crippen LogP contribution in [0, 0.1) is 0 Å². The highest BCUT2D eigenvalue weighted by Gasteiger charge is 2.26. The second kappa shape index (κ2) is 33.9. The summed E-state index contributed by atoms with van der Waals surface area (Å²) >= 11 is 0. The Bertz CT molecular complexity index is 2620. The number of hydrogen-bond donors (Lipinski definition) is 4. The molecule has 4 N–H and O–H groups in total. The van der Waals surface area contributed by atoms with Crippen molar-refractivity contribution in [3.63, 3.8) is 0 Å². The van der Waals surface area contributed by atoms with E-state index < -0.39 is 0 Å². The Morgan fingerprint density at radius 2 is 0.568 bits per heavy atom. The lowest BCUT2D eigenvalue weighted by Gasteiger charge is -2.24. The summed E-state index contributed by atoms with van der Waals surface area (Å²) in [7, 11) is 0. The molecule has 0 spiro atoms. The number of fused-ring (bicyclic) bond motifs is 8. The molecule has 4 aromatic carbocycles. The van der Waals surface area contributed by atoms with E-state index >= 15 is 0 Å². The first-order valence-corrected chi connectivity index (χ1v) is 32.6. The monoisotopic (exact) mass is 1200 g/mol. The first-order chi connectivity index (χ1) is 43.0. The highest BCUT2D eigenvalue weighted by Crippen LogP contribution is 2.42. The van der Waals surface area contributed by atoms with Gasteiger partial charge in [-0.3, -0.25) is 19.2 Å². The number of rotatable bonds is 28. The van der Waals surface area contributed by atoms with Crippen molar-refractivity contribution in [3.05, 3.63) is 140 Å². The van der Waals surface area contributed by atoms with Crippen molar-refractivity contribution >= 4 is 47.9 Å². The Hall–Kier alpha value is -7.24. The summed E-state index contributed by atoms with van der Waals surface area (Å²) in [6.45, 7) is 12.8. The molecule has 9 rings (SSSR count). The van der Waals surface area contributed by atoms with Gasteiger partial charge in [-0.2, -0.15) is 0 Å². The van der Waals surface area contributed by atoms with Crippen LogP contribution >= 0.6 is 0 Å². The van der Waals surface area contributed by atoms with Gasteiger partial charge in [-0.1, -0.05) is 53.4 Å².